The van der Waals surface area contributed by atoms with Crippen LogP contribution in [0.3, 0.4) is 0 Å². The van der Waals surface area contributed by atoms with E-state index in [0.29, 0.717) is 32.1 Å². The van der Waals surface area contributed by atoms with E-state index in [9.17, 15) is 0 Å². The molecule has 16 heavy (non-hydrogen) atoms. The molecule has 1 aromatic heterocycles. The number of ether oxygens (including phenoxy) is 1. The van der Waals surface area contributed by atoms with Gasteiger partial charge in [0.2, 0.25) is 5.95 Å². The molecule has 90 valence electrons. The van der Waals surface area contributed by atoms with Crippen molar-refractivity contribution in [2.45, 2.75) is 6.42 Å². The molecule has 0 saturated heterocycles. The number of nitrogens with zero attached hydrogens (tertiary/aromatic N) is 5. The summed E-state index contributed by atoms with van der Waals surface area (Å²) in [7, 11) is 3.40. The lowest BCUT2D eigenvalue weighted by Crippen LogP contribution is -2.33. The zero-order chi connectivity index (χ0) is 12.0. The van der Waals surface area contributed by atoms with E-state index < -0.39 is 0 Å². The second kappa shape index (κ2) is 6.01. The van der Waals surface area contributed by atoms with Crippen LogP contribution < -0.4 is 10.6 Å². The largest absolute Gasteiger partial charge is 0.388 e. The van der Waals surface area contributed by atoms with Gasteiger partial charge in [0.1, 0.15) is 0 Å². The molecule has 0 bridgehead atoms. The summed E-state index contributed by atoms with van der Waals surface area (Å²) in [5, 5.41) is 18.4. The summed E-state index contributed by atoms with van der Waals surface area (Å²) in [5.74, 6) is 0.802. The molecule has 8 nitrogen and oxygen atoms in total. The van der Waals surface area contributed by atoms with Crippen molar-refractivity contribution in [3.05, 3.63) is 0 Å². The van der Waals surface area contributed by atoms with Crippen LogP contribution in [-0.4, -0.2) is 52.8 Å². The summed E-state index contributed by atoms with van der Waals surface area (Å²) in [5.41, 5.74) is 5.33. The molecule has 0 aliphatic rings. The molecule has 0 atom stereocenters. The summed E-state index contributed by atoms with van der Waals surface area (Å²) in [4.78, 5) is 1.94. The topological polar surface area (TPSA) is 106 Å². The number of methoxy groups -OCH3 is 1. The number of amidine groups is 1. The lowest BCUT2D eigenvalue weighted by Gasteiger charge is -2.21. The maximum Gasteiger partial charge on any atom is 0.245 e. The van der Waals surface area contributed by atoms with Crippen molar-refractivity contribution in [3.63, 3.8) is 0 Å². The smallest absolute Gasteiger partial charge is 0.245 e. The van der Waals surface area contributed by atoms with Gasteiger partial charge < -0.3 is 15.4 Å². The van der Waals surface area contributed by atoms with Crippen molar-refractivity contribution in [2.24, 2.45) is 12.8 Å². The van der Waals surface area contributed by atoms with Crippen LogP contribution in [0, 0.1) is 5.41 Å². The molecule has 1 rings (SSSR count). The molecular weight excluding hydrogens is 210 g/mol. The highest BCUT2D eigenvalue weighted by molar-refractivity contribution is 5.77. The first-order chi connectivity index (χ1) is 7.65. The van der Waals surface area contributed by atoms with Crippen molar-refractivity contribution in [1.29, 1.82) is 5.41 Å². The third kappa shape index (κ3) is 3.46. The fourth-order valence-electron chi connectivity index (χ4n) is 1.26. The minimum atomic E-state index is 0.151. The third-order valence-corrected chi connectivity index (χ3v) is 2.10. The minimum absolute atomic E-state index is 0.151. The second-order valence-electron chi connectivity index (χ2n) is 3.36. The number of nitrogens with one attached hydrogen (secondary N) is 1. The molecule has 3 N–H and O–H groups in total. The molecule has 0 aliphatic heterocycles. The molecule has 0 spiro atoms. The number of hydrogen-bond donors (Lipinski definition) is 2. The van der Waals surface area contributed by atoms with Gasteiger partial charge in [-0.3, -0.25) is 5.41 Å². The van der Waals surface area contributed by atoms with Gasteiger partial charge in [-0.15, -0.1) is 0 Å². The van der Waals surface area contributed by atoms with Gasteiger partial charge in [-0.25, -0.2) is 4.68 Å². The van der Waals surface area contributed by atoms with Crippen LogP contribution in [-0.2, 0) is 11.8 Å². The van der Waals surface area contributed by atoms with Gasteiger partial charge in [0.15, 0.2) is 0 Å². The molecule has 0 fully saturated rings. The Hall–Kier alpha value is -1.70. The lowest BCUT2D eigenvalue weighted by molar-refractivity contribution is 0.205. The number of aromatic nitrogens is 4. The van der Waals surface area contributed by atoms with Gasteiger partial charge in [0.25, 0.3) is 0 Å². The Morgan fingerprint density at radius 1 is 1.56 bits per heavy atom. The molecule has 8 heteroatoms. The Balaban J connectivity index is 2.63. The van der Waals surface area contributed by atoms with Crippen LogP contribution in [0.5, 0.6) is 0 Å². The van der Waals surface area contributed by atoms with Crippen LogP contribution >= 0.6 is 0 Å². The van der Waals surface area contributed by atoms with E-state index in [1.54, 1.807) is 18.8 Å². The summed E-state index contributed by atoms with van der Waals surface area (Å²) >= 11 is 0. The maximum absolute atomic E-state index is 7.21. The van der Waals surface area contributed by atoms with E-state index in [-0.39, 0.29) is 5.84 Å². The average Bonchev–Trinajstić information content (AvgIpc) is 2.65. The number of aryl methyl sites for hydroxylation is 1. The molecule has 0 aliphatic carbocycles. The first-order valence-electron chi connectivity index (χ1n) is 4.94. The van der Waals surface area contributed by atoms with Gasteiger partial charge in [-0.2, -0.15) is 0 Å². The van der Waals surface area contributed by atoms with E-state index >= 15 is 0 Å². The van der Waals surface area contributed by atoms with Crippen molar-refractivity contribution >= 4 is 11.8 Å². The summed E-state index contributed by atoms with van der Waals surface area (Å²) in [6.45, 7) is 1.84. The fraction of sp³-hybridized carbons (Fsp3) is 0.750. The minimum Gasteiger partial charge on any atom is -0.388 e. The third-order valence-electron chi connectivity index (χ3n) is 2.10. The molecule has 0 saturated carbocycles. The Morgan fingerprint density at radius 2 is 2.31 bits per heavy atom. The number of anilines is 1. The van der Waals surface area contributed by atoms with E-state index in [1.807, 2.05) is 4.90 Å². The van der Waals surface area contributed by atoms with Gasteiger partial charge in [-0.05, 0) is 10.4 Å². The molecular formula is C8H17N7O. The quantitative estimate of drug-likeness (QED) is 0.456. The first-order valence-corrected chi connectivity index (χ1v) is 4.94. The second-order valence-corrected chi connectivity index (χ2v) is 3.36. The van der Waals surface area contributed by atoms with Crippen LogP contribution in [0.1, 0.15) is 6.42 Å². The number of hydrogen-bond acceptors (Lipinski definition) is 6. The van der Waals surface area contributed by atoms with E-state index in [2.05, 4.69) is 15.5 Å². The standard InChI is InChI=1S/C8H17N7O/c1-14-8(11-12-13-14)15(5-6-16-2)4-3-7(9)10/h3-6H2,1-2H3,(H3,9,10). The predicted molar refractivity (Wildman–Crippen MR) is 59.4 cm³/mol. The summed E-state index contributed by atoms with van der Waals surface area (Å²) in [6.07, 6.45) is 0.483. The van der Waals surface area contributed by atoms with Crippen LogP contribution in [0.15, 0.2) is 0 Å². The Kier molecular flexibility index (Phi) is 4.65. The number of nitrogens with two attached hydrogens (primary N) is 1. The fourth-order valence-corrected chi connectivity index (χ4v) is 1.26. The molecule has 0 amide bonds. The van der Waals surface area contributed by atoms with Crippen molar-refractivity contribution in [1.82, 2.24) is 20.2 Å². The van der Waals surface area contributed by atoms with Gasteiger partial charge in [-0.1, -0.05) is 5.10 Å². The van der Waals surface area contributed by atoms with Crippen LogP contribution in [0.4, 0.5) is 5.95 Å². The zero-order valence-corrected chi connectivity index (χ0v) is 9.55. The van der Waals surface area contributed by atoms with Gasteiger partial charge in [0, 0.05) is 33.7 Å². The normalized spacial score (nSPS) is 10.4. The first kappa shape index (κ1) is 12.4. The van der Waals surface area contributed by atoms with Gasteiger partial charge >= 0.3 is 0 Å². The Bertz CT molecular complexity index is 337. The number of tetrazole rings is 1. The van der Waals surface area contributed by atoms with Crippen molar-refractivity contribution in [3.8, 4) is 0 Å². The van der Waals surface area contributed by atoms with Crippen LogP contribution in [0.2, 0.25) is 0 Å². The lowest BCUT2D eigenvalue weighted by atomic mass is 10.3. The zero-order valence-electron chi connectivity index (χ0n) is 9.55. The molecule has 0 radical (unpaired) electrons. The summed E-state index contributed by atoms with van der Waals surface area (Å²) in [6, 6.07) is 0. The molecule has 0 aromatic carbocycles. The predicted octanol–water partition coefficient (Wildman–Crippen LogP) is -1.01. The average molecular weight is 227 g/mol. The highest BCUT2D eigenvalue weighted by atomic mass is 16.5. The Morgan fingerprint density at radius 3 is 2.81 bits per heavy atom. The molecule has 1 aromatic rings. The highest BCUT2D eigenvalue weighted by Gasteiger charge is 2.12. The number of rotatable bonds is 7. The van der Waals surface area contributed by atoms with Crippen LogP contribution in [0.25, 0.3) is 0 Å². The van der Waals surface area contributed by atoms with Crippen molar-refractivity contribution in [2.75, 3.05) is 31.7 Å². The van der Waals surface area contributed by atoms with E-state index in [0.717, 1.165) is 0 Å². The monoisotopic (exact) mass is 227 g/mol. The van der Waals surface area contributed by atoms with E-state index in [4.69, 9.17) is 15.9 Å². The van der Waals surface area contributed by atoms with E-state index in [1.165, 1.54) is 0 Å². The van der Waals surface area contributed by atoms with Gasteiger partial charge in [0.05, 0.1) is 12.4 Å². The van der Waals surface area contributed by atoms with Crippen molar-refractivity contribution < 1.29 is 4.74 Å². The summed E-state index contributed by atoms with van der Waals surface area (Å²) < 4.78 is 6.59. The maximum atomic E-state index is 7.21. The molecule has 0 unspecified atom stereocenters. The Labute approximate surface area is 93.9 Å². The highest BCUT2D eigenvalue weighted by Crippen LogP contribution is 2.06. The SMILES string of the molecule is COCCN(CCC(=N)N)c1nnnn1C. The molecule has 1 heterocycles.